The molecule has 1 aliphatic heterocycles. The molecule has 1 saturated heterocycles. The van der Waals surface area contributed by atoms with Crippen LogP contribution in [-0.4, -0.2) is 61.2 Å². The molecule has 0 unspecified atom stereocenters. The zero-order chi connectivity index (χ0) is 15.9. The molecule has 0 aromatic carbocycles. The third kappa shape index (κ3) is 4.25. The Balaban J connectivity index is 1.69. The third-order valence-corrected chi connectivity index (χ3v) is 4.18. The van der Waals surface area contributed by atoms with Crippen molar-refractivity contribution in [2.24, 2.45) is 5.92 Å². The number of rotatable bonds is 1. The van der Waals surface area contributed by atoms with Crippen molar-refractivity contribution in [3.05, 3.63) is 0 Å². The van der Waals surface area contributed by atoms with E-state index in [1.165, 1.54) is 16.9 Å². The number of hydrogen-bond acceptors (Lipinski definition) is 5. The number of hydroxylamine groups is 1. The van der Waals surface area contributed by atoms with Crippen LogP contribution in [0.2, 0.25) is 0 Å². The van der Waals surface area contributed by atoms with E-state index >= 15 is 0 Å². The van der Waals surface area contributed by atoms with Gasteiger partial charge >= 0.3 is 18.1 Å². The molecule has 0 bridgehead atoms. The van der Waals surface area contributed by atoms with Crippen molar-refractivity contribution in [3.63, 3.8) is 0 Å². The van der Waals surface area contributed by atoms with E-state index in [1.54, 1.807) is 0 Å². The Hall–Kier alpha value is -1.99. The second-order valence-electron chi connectivity index (χ2n) is 5.61. The second-order valence-corrected chi connectivity index (χ2v) is 5.61. The fourth-order valence-corrected chi connectivity index (χ4v) is 2.80. The molecule has 3 amide bonds. The van der Waals surface area contributed by atoms with Crippen LogP contribution in [0.1, 0.15) is 32.1 Å². The number of amides is 3. The lowest BCUT2D eigenvalue weighted by molar-refractivity contribution is -0.155. The van der Waals surface area contributed by atoms with Crippen LogP contribution < -0.4 is 5.48 Å². The molecule has 0 spiro atoms. The highest BCUT2D eigenvalue weighted by molar-refractivity contribution is 5.78. The van der Waals surface area contributed by atoms with Crippen LogP contribution in [0.4, 0.5) is 9.59 Å². The van der Waals surface area contributed by atoms with Crippen LogP contribution in [0.5, 0.6) is 0 Å². The zero-order valence-corrected chi connectivity index (χ0v) is 12.9. The maximum absolute atomic E-state index is 11.9. The van der Waals surface area contributed by atoms with Gasteiger partial charge in [0.2, 0.25) is 0 Å². The van der Waals surface area contributed by atoms with Gasteiger partial charge in [0, 0.05) is 26.2 Å². The number of hydrogen-bond donors (Lipinski definition) is 1. The highest BCUT2D eigenvalue weighted by atomic mass is 16.7. The molecular weight excluding hydrogens is 290 g/mol. The molecule has 124 valence electrons. The highest BCUT2D eigenvalue weighted by Gasteiger charge is 2.27. The van der Waals surface area contributed by atoms with Gasteiger partial charge in [-0.25, -0.2) is 14.4 Å². The number of urea groups is 1. The summed E-state index contributed by atoms with van der Waals surface area (Å²) in [6.07, 6.45) is 4.47. The topological polar surface area (TPSA) is 88.2 Å². The van der Waals surface area contributed by atoms with E-state index < -0.39 is 12.1 Å². The van der Waals surface area contributed by atoms with Crippen LogP contribution in [0.15, 0.2) is 0 Å². The van der Waals surface area contributed by atoms with Crippen LogP contribution in [0, 0.1) is 5.92 Å². The molecule has 0 aromatic heterocycles. The van der Waals surface area contributed by atoms with Crippen molar-refractivity contribution < 1.29 is 24.0 Å². The van der Waals surface area contributed by atoms with Gasteiger partial charge in [0.15, 0.2) is 0 Å². The summed E-state index contributed by atoms with van der Waals surface area (Å²) in [7, 11) is 1.33. The van der Waals surface area contributed by atoms with Crippen molar-refractivity contribution in [3.8, 4) is 0 Å². The molecule has 1 heterocycles. The van der Waals surface area contributed by atoms with Gasteiger partial charge in [-0.2, -0.15) is 5.48 Å². The van der Waals surface area contributed by atoms with E-state index in [2.05, 4.69) is 10.2 Å². The first-order valence-electron chi connectivity index (χ1n) is 7.70. The molecule has 8 heteroatoms. The van der Waals surface area contributed by atoms with Crippen LogP contribution in [0.25, 0.3) is 0 Å². The number of carbonyl (C=O) groups is 3. The summed E-state index contributed by atoms with van der Waals surface area (Å²) in [5.41, 5.74) is 2.21. The number of carbonyl (C=O) groups excluding carboxylic acids is 3. The van der Waals surface area contributed by atoms with Crippen molar-refractivity contribution >= 4 is 18.1 Å². The minimum Gasteiger partial charge on any atom is -0.453 e. The average Bonchev–Trinajstić information content (AvgIpc) is 2.59. The predicted molar refractivity (Wildman–Crippen MR) is 76.7 cm³/mol. The Morgan fingerprint density at radius 2 is 1.55 bits per heavy atom. The molecule has 1 saturated carbocycles. The fraction of sp³-hybridized carbons (Fsp3) is 0.786. The van der Waals surface area contributed by atoms with Gasteiger partial charge in [0.05, 0.1) is 13.0 Å². The van der Waals surface area contributed by atoms with Crippen LogP contribution in [-0.2, 0) is 14.4 Å². The third-order valence-electron chi connectivity index (χ3n) is 4.18. The summed E-state index contributed by atoms with van der Waals surface area (Å²) >= 11 is 0. The van der Waals surface area contributed by atoms with E-state index in [9.17, 15) is 14.4 Å². The molecule has 2 fully saturated rings. The Morgan fingerprint density at radius 3 is 2.14 bits per heavy atom. The fourth-order valence-electron chi connectivity index (χ4n) is 2.80. The first kappa shape index (κ1) is 16.4. The monoisotopic (exact) mass is 313 g/mol. The number of nitrogens with one attached hydrogen (secondary N) is 1. The van der Waals surface area contributed by atoms with E-state index in [0.29, 0.717) is 26.2 Å². The van der Waals surface area contributed by atoms with Gasteiger partial charge in [0.1, 0.15) is 0 Å². The SMILES string of the molecule is COC(=O)N1CCN(C(=O)NOC(=O)C2CCCCC2)CC1. The van der Waals surface area contributed by atoms with E-state index in [0.717, 1.165) is 32.1 Å². The molecule has 0 aromatic rings. The van der Waals surface area contributed by atoms with Crippen LogP contribution >= 0.6 is 0 Å². The number of ether oxygens (including phenoxy) is 1. The Labute approximate surface area is 129 Å². The quantitative estimate of drug-likeness (QED) is 0.733. The predicted octanol–water partition coefficient (Wildman–Crippen LogP) is 1.12. The summed E-state index contributed by atoms with van der Waals surface area (Å²) in [6, 6.07) is -0.450. The Kier molecular flexibility index (Phi) is 5.85. The normalized spacial score (nSPS) is 19.5. The summed E-state index contributed by atoms with van der Waals surface area (Å²) < 4.78 is 4.63. The minimum atomic E-state index is -0.450. The highest BCUT2D eigenvalue weighted by Crippen LogP contribution is 2.24. The van der Waals surface area contributed by atoms with E-state index in [1.807, 2.05) is 0 Å². The van der Waals surface area contributed by atoms with Crippen molar-refractivity contribution in [2.45, 2.75) is 32.1 Å². The molecule has 2 rings (SSSR count). The smallest absolute Gasteiger partial charge is 0.409 e. The van der Waals surface area contributed by atoms with E-state index in [4.69, 9.17) is 4.84 Å². The Bertz CT molecular complexity index is 415. The minimum absolute atomic E-state index is 0.106. The maximum Gasteiger partial charge on any atom is 0.409 e. The van der Waals surface area contributed by atoms with Gasteiger partial charge < -0.3 is 19.4 Å². The maximum atomic E-state index is 11.9. The first-order chi connectivity index (χ1) is 10.6. The molecule has 8 nitrogen and oxygen atoms in total. The molecule has 1 aliphatic carbocycles. The summed E-state index contributed by atoms with van der Waals surface area (Å²) in [6.45, 7) is 1.55. The second kappa shape index (κ2) is 7.86. The summed E-state index contributed by atoms with van der Waals surface area (Å²) in [5, 5.41) is 0. The lowest BCUT2D eigenvalue weighted by Crippen LogP contribution is -2.53. The molecule has 0 atom stereocenters. The van der Waals surface area contributed by atoms with Gasteiger partial charge in [-0.3, -0.25) is 0 Å². The first-order valence-corrected chi connectivity index (χ1v) is 7.70. The number of piperazine rings is 1. The summed E-state index contributed by atoms with van der Waals surface area (Å²) in [4.78, 5) is 43.1. The summed E-state index contributed by atoms with van der Waals surface area (Å²) in [5.74, 6) is -0.466. The molecule has 0 radical (unpaired) electrons. The number of nitrogens with zero attached hydrogens (tertiary/aromatic N) is 2. The largest absolute Gasteiger partial charge is 0.453 e. The molecule has 22 heavy (non-hydrogen) atoms. The van der Waals surface area contributed by atoms with Gasteiger partial charge in [-0.1, -0.05) is 19.3 Å². The Morgan fingerprint density at radius 1 is 0.955 bits per heavy atom. The van der Waals surface area contributed by atoms with Crippen molar-refractivity contribution in [1.82, 2.24) is 15.3 Å². The van der Waals surface area contributed by atoms with Crippen LogP contribution in [0.3, 0.4) is 0 Å². The van der Waals surface area contributed by atoms with Gasteiger partial charge in [-0.05, 0) is 12.8 Å². The average molecular weight is 313 g/mol. The van der Waals surface area contributed by atoms with Gasteiger partial charge in [-0.15, -0.1) is 0 Å². The lowest BCUT2D eigenvalue weighted by atomic mass is 9.89. The van der Waals surface area contributed by atoms with Crippen molar-refractivity contribution in [2.75, 3.05) is 33.3 Å². The standard InChI is InChI=1S/C14H23N3O5/c1-21-14(20)17-9-7-16(8-10-17)13(19)15-22-12(18)11-5-3-2-4-6-11/h11H,2-10H2,1H3,(H,15,19). The number of methoxy groups -OCH3 is 1. The zero-order valence-electron chi connectivity index (χ0n) is 12.9. The molecule has 2 aliphatic rings. The molecular formula is C14H23N3O5. The van der Waals surface area contributed by atoms with Gasteiger partial charge in [0.25, 0.3) is 0 Å². The van der Waals surface area contributed by atoms with Crippen molar-refractivity contribution in [1.29, 1.82) is 0 Å². The molecule has 1 N–H and O–H groups in total. The lowest BCUT2D eigenvalue weighted by Gasteiger charge is -2.33. The van der Waals surface area contributed by atoms with E-state index in [-0.39, 0.29) is 11.9 Å².